The number of amides is 1. The Kier molecular flexibility index (Phi) is 7.22. The van der Waals surface area contributed by atoms with E-state index in [2.05, 4.69) is 5.32 Å². The first kappa shape index (κ1) is 23.5. The first-order valence-electron chi connectivity index (χ1n) is 11.1. The van der Waals surface area contributed by atoms with E-state index in [-0.39, 0.29) is 18.5 Å². The number of benzene rings is 2. The first-order chi connectivity index (χ1) is 14.6. The molecule has 168 valence electrons. The van der Waals surface area contributed by atoms with Gasteiger partial charge in [-0.05, 0) is 81.8 Å². The molecule has 0 aliphatic heterocycles. The van der Waals surface area contributed by atoms with Crippen molar-refractivity contribution in [3.8, 4) is 0 Å². The lowest BCUT2D eigenvalue weighted by Gasteiger charge is -2.33. The molecule has 3 rings (SSSR count). The molecule has 2 aromatic carbocycles. The summed E-state index contributed by atoms with van der Waals surface area (Å²) in [7, 11) is -3.81. The first-order valence-corrected chi connectivity index (χ1v) is 12.5. The number of anilines is 1. The summed E-state index contributed by atoms with van der Waals surface area (Å²) in [5.41, 5.74) is 5.42. The second-order valence-corrected chi connectivity index (χ2v) is 10.7. The fraction of sp³-hybridized carbons (Fsp3) is 0.480. The average Bonchev–Trinajstić information content (AvgIpc) is 2.68. The van der Waals surface area contributed by atoms with Crippen LogP contribution in [0.15, 0.2) is 35.2 Å². The lowest BCUT2D eigenvalue weighted by molar-refractivity contribution is -0.116. The highest BCUT2D eigenvalue weighted by molar-refractivity contribution is 7.89. The SMILES string of the molecule is Cc1cc(C)c(S(=O)(=O)N(CC(=O)Nc2ccc(C)c(C)c2)C2CCCCC2)c(C)c1. The number of rotatable bonds is 6. The molecule has 31 heavy (non-hydrogen) atoms. The number of nitrogens with one attached hydrogen (secondary N) is 1. The maximum absolute atomic E-state index is 13.8. The maximum atomic E-state index is 13.8. The Labute approximate surface area is 186 Å². The molecule has 1 amide bonds. The van der Waals surface area contributed by atoms with E-state index in [0.717, 1.165) is 59.9 Å². The van der Waals surface area contributed by atoms with E-state index in [1.165, 1.54) is 4.31 Å². The van der Waals surface area contributed by atoms with Crippen LogP contribution in [-0.4, -0.2) is 31.2 Å². The third-order valence-corrected chi connectivity index (χ3v) is 8.45. The minimum absolute atomic E-state index is 0.149. The van der Waals surface area contributed by atoms with Gasteiger partial charge in [-0.15, -0.1) is 0 Å². The van der Waals surface area contributed by atoms with Crippen molar-refractivity contribution in [1.82, 2.24) is 4.31 Å². The molecule has 1 aliphatic rings. The van der Waals surface area contributed by atoms with Crippen molar-refractivity contribution in [2.75, 3.05) is 11.9 Å². The summed E-state index contributed by atoms with van der Waals surface area (Å²) in [6, 6.07) is 9.38. The molecule has 1 N–H and O–H groups in total. The molecule has 5 nitrogen and oxygen atoms in total. The topological polar surface area (TPSA) is 66.5 Å². The molecule has 0 bridgehead atoms. The zero-order valence-electron chi connectivity index (χ0n) is 19.3. The van der Waals surface area contributed by atoms with E-state index >= 15 is 0 Å². The van der Waals surface area contributed by atoms with E-state index in [0.29, 0.717) is 10.6 Å². The summed E-state index contributed by atoms with van der Waals surface area (Å²) in [5.74, 6) is -0.306. The van der Waals surface area contributed by atoms with E-state index in [1.807, 2.05) is 65.0 Å². The maximum Gasteiger partial charge on any atom is 0.244 e. The van der Waals surface area contributed by atoms with E-state index < -0.39 is 10.0 Å². The van der Waals surface area contributed by atoms with Crippen molar-refractivity contribution < 1.29 is 13.2 Å². The molecule has 0 saturated heterocycles. The Hall–Kier alpha value is -2.18. The van der Waals surface area contributed by atoms with Crippen molar-refractivity contribution in [2.45, 2.75) is 77.7 Å². The molecule has 1 fully saturated rings. The number of hydrogen-bond acceptors (Lipinski definition) is 3. The summed E-state index contributed by atoms with van der Waals surface area (Å²) in [5, 5.41) is 2.90. The van der Waals surface area contributed by atoms with Gasteiger partial charge >= 0.3 is 0 Å². The van der Waals surface area contributed by atoms with Crippen molar-refractivity contribution >= 4 is 21.6 Å². The molecular weight excluding hydrogens is 408 g/mol. The van der Waals surface area contributed by atoms with Gasteiger partial charge in [-0.2, -0.15) is 4.31 Å². The van der Waals surface area contributed by atoms with Gasteiger partial charge in [0.15, 0.2) is 0 Å². The largest absolute Gasteiger partial charge is 0.325 e. The zero-order valence-corrected chi connectivity index (χ0v) is 20.1. The van der Waals surface area contributed by atoms with Crippen LogP contribution in [0.25, 0.3) is 0 Å². The average molecular weight is 443 g/mol. The van der Waals surface area contributed by atoms with Crippen LogP contribution < -0.4 is 5.32 Å². The van der Waals surface area contributed by atoms with Gasteiger partial charge in [0.1, 0.15) is 0 Å². The molecule has 0 aromatic heterocycles. The quantitative estimate of drug-likeness (QED) is 0.669. The van der Waals surface area contributed by atoms with E-state index in [4.69, 9.17) is 0 Å². The number of hydrogen-bond donors (Lipinski definition) is 1. The highest BCUT2D eigenvalue weighted by Crippen LogP contribution is 2.31. The van der Waals surface area contributed by atoms with Crippen molar-refractivity contribution in [3.05, 3.63) is 58.1 Å². The minimum atomic E-state index is -3.81. The van der Waals surface area contributed by atoms with Gasteiger partial charge < -0.3 is 5.32 Å². The van der Waals surface area contributed by atoms with Crippen LogP contribution in [0.3, 0.4) is 0 Å². The van der Waals surface area contributed by atoms with Gasteiger partial charge in [-0.25, -0.2) is 8.42 Å². The molecule has 2 aromatic rings. The number of nitrogens with zero attached hydrogens (tertiary/aromatic N) is 1. The second-order valence-electron chi connectivity index (χ2n) is 8.92. The second kappa shape index (κ2) is 9.53. The molecule has 6 heteroatoms. The number of aryl methyl sites for hydroxylation is 5. The molecule has 0 spiro atoms. The summed E-state index contributed by atoms with van der Waals surface area (Å²) in [6.07, 6.45) is 4.67. The predicted octanol–water partition coefficient (Wildman–Crippen LogP) is 5.19. The number of sulfonamides is 1. The molecule has 0 atom stereocenters. The van der Waals surface area contributed by atoms with Crippen LogP contribution in [0.5, 0.6) is 0 Å². The Bertz CT molecular complexity index is 1050. The van der Waals surface area contributed by atoms with Crippen LogP contribution >= 0.6 is 0 Å². The summed E-state index contributed by atoms with van der Waals surface area (Å²) in [4.78, 5) is 13.3. The monoisotopic (exact) mass is 442 g/mol. The predicted molar refractivity (Wildman–Crippen MR) is 126 cm³/mol. The summed E-state index contributed by atoms with van der Waals surface area (Å²) >= 11 is 0. The van der Waals surface area contributed by atoms with Crippen LogP contribution in [0.2, 0.25) is 0 Å². The standard InChI is InChI=1S/C25H34N2O3S/c1-17-13-20(4)25(21(5)14-17)31(29,30)27(23-9-7-6-8-10-23)16-24(28)26-22-12-11-18(2)19(3)15-22/h11-15,23H,6-10,16H2,1-5H3,(H,26,28). The third-order valence-electron chi connectivity index (χ3n) is 6.24. The molecule has 0 unspecified atom stereocenters. The zero-order chi connectivity index (χ0) is 22.8. The third kappa shape index (κ3) is 5.36. The Balaban J connectivity index is 1.92. The fourth-order valence-electron chi connectivity index (χ4n) is 4.63. The highest BCUT2D eigenvalue weighted by atomic mass is 32.2. The Morgan fingerprint density at radius 1 is 0.903 bits per heavy atom. The van der Waals surface area contributed by atoms with Gasteiger partial charge in [0.25, 0.3) is 0 Å². The van der Waals surface area contributed by atoms with Gasteiger partial charge in [0.2, 0.25) is 15.9 Å². The van der Waals surface area contributed by atoms with E-state index in [9.17, 15) is 13.2 Å². The molecular formula is C25H34N2O3S. The molecule has 1 saturated carbocycles. The highest BCUT2D eigenvalue weighted by Gasteiger charge is 2.35. The fourth-order valence-corrected chi connectivity index (χ4v) is 6.69. The summed E-state index contributed by atoms with van der Waals surface area (Å²) in [6.45, 7) is 9.47. The van der Waals surface area contributed by atoms with Gasteiger partial charge in [-0.3, -0.25) is 4.79 Å². The summed E-state index contributed by atoms with van der Waals surface area (Å²) < 4.78 is 29.1. The van der Waals surface area contributed by atoms with Crippen molar-refractivity contribution in [1.29, 1.82) is 0 Å². The number of carbonyl (C=O) groups excluding carboxylic acids is 1. The molecule has 0 heterocycles. The van der Waals surface area contributed by atoms with Crippen LogP contribution in [-0.2, 0) is 14.8 Å². The normalized spacial score (nSPS) is 15.3. The van der Waals surface area contributed by atoms with Crippen LogP contribution in [0.1, 0.15) is 59.9 Å². The van der Waals surface area contributed by atoms with Gasteiger partial charge in [0, 0.05) is 11.7 Å². The van der Waals surface area contributed by atoms with Crippen molar-refractivity contribution in [3.63, 3.8) is 0 Å². The molecule has 0 radical (unpaired) electrons. The van der Waals surface area contributed by atoms with E-state index in [1.54, 1.807) is 0 Å². The lowest BCUT2D eigenvalue weighted by atomic mass is 9.95. The smallest absolute Gasteiger partial charge is 0.244 e. The molecule has 1 aliphatic carbocycles. The number of carbonyl (C=O) groups is 1. The van der Waals surface area contributed by atoms with Gasteiger partial charge in [-0.1, -0.05) is 43.0 Å². The van der Waals surface area contributed by atoms with Gasteiger partial charge in [0.05, 0.1) is 11.4 Å². The van der Waals surface area contributed by atoms with Crippen LogP contribution in [0, 0.1) is 34.6 Å². The van der Waals surface area contributed by atoms with Crippen LogP contribution in [0.4, 0.5) is 5.69 Å². The Morgan fingerprint density at radius 3 is 2.10 bits per heavy atom. The Morgan fingerprint density at radius 2 is 1.52 bits per heavy atom. The lowest BCUT2D eigenvalue weighted by Crippen LogP contribution is -2.46. The van der Waals surface area contributed by atoms with Crippen molar-refractivity contribution in [2.24, 2.45) is 0 Å². The minimum Gasteiger partial charge on any atom is -0.325 e.